The van der Waals surface area contributed by atoms with Gasteiger partial charge < -0.3 is 10.1 Å². The molecular weight excluding hydrogens is 228 g/mol. The molecule has 3 aromatic heterocycles. The van der Waals surface area contributed by atoms with Crippen molar-refractivity contribution in [3.05, 3.63) is 48.2 Å². The quantitative estimate of drug-likeness (QED) is 0.743. The van der Waals surface area contributed by atoms with Gasteiger partial charge in [-0.15, -0.1) is 5.10 Å². The third-order valence-electron chi connectivity index (χ3n) is 2.76. The first-order valence-corrected chi connectivity index (χ1v) is 5.80. The van der Waals surface area contributed by atoms with E-state index in [-0.39, 0.29) is 6.04 Å². The van der Waals surface area contributed by atoms with Crippen molar-refractivity contribution in [2.45, 2.75) is 19.5 Å². The van der Waals surface area contributed by atoms with Gasteiger partial charge in [0.05, 0.1) is 24.1 Å². The van der Waals surface area contributed by atoms with E-state index < -0.39 is 0 Å². The Kier molecular flexibility index (Phi) is 2.56. The van der Waals surface area contributed by atoms with E-state index in [1.54, 1.807) is 4.68 Å². The normalized spacial score (nSPS) is 13.0. The highest BCUT2D eigenvalue weighted by molar-refractivity contribution is 5.39. The van der Waals surface area contributed by atoms with Gasteiger partial charge in [-0.2, -0.15) is 0 Å². The molecule has 0 aliphatic heterocycles. The molecule has 0 saturated heterocycles. The second kappa shape index (κ2) is 4.23. The van der Waals surface area contributed by atoms with Crippen LogP contribution in [-0.2, 0) is 6.54 Å². The summed E-state index contributed by atoms with van der Waals surface area (Å²) < 4.78 is 3.74. The van der Waals surface area contributed by atoms with Gasteiger partial charge in [-0.1, -0.05) is 11.3 Å². The van der Waals surface area contributed by atoms with Crippen molar-refractivity contribution in [2.24, 2.45) is 5.73 Å². The average molecular weight is 242 g/mol. The Morgan fingerprint density at radius 2 is 2.22 bits per heavy atom. The Morgan fingerprint density at radius 3 is 2.94 bits per heavy atom. The molecule has 0 radical (unpaired) electrons. The fourth-order valence-corrected chi connectivity index (χ4v) is 1.83. The predicted molar refractivity (Wildman–Crippen MR) is 66.9 cm³/mol. The molecule has 2 N–H and O–H groups in total. The predicted octanol–water partition coefficient (Wildman–Crippen LogP) is 0.994. The Balaban J connectivity index is 1.86. The van der Waals surface area contributed by atoms with Gasteiger partial charge >= 0.3 is 0 Å². The minimum absolute atomic E-state index is 0.0974. The number of pyridine rings is 1. The van der Waals surface area contributed by atoms with Crippen molar-refractivity contribution in [3.63, 3.8) is 0 Å². The molecule has 0 aliphatic carbocycles. The maximum absolute atomic E-state index is 5.75. The van der Waals surface area contributed by atoms with E-state index in [1.165, 1.54) is 0 Å². The first-order chi connectivity index (χ1) is 8.72. The maximum atomic E-state index is 5.75. The van der Waals surface area contributed by atoms with Crippen LogP contribution in [0.5, 0.6) is 0 Å². The molecule has 0 amide bonds. The van der Waals surface area contributed by atoms with Gasteiger partial charge in [0.2, 0.25) is 0 Å². The summed E-state index contributed by atoms with van der Waals surface area (Å²) >= 11 is 0. The van der Waals surface area contributed by atoms with E-state index in [0.29, 0.717) is 6.54 Å². The van der Waals surface area contributed by atoms with Crippen molar-refractivity contribution in [2.75, 3.05) is 0 Å². The van der Waals surface area contributed by atoms with E-state index >= 15 is 0 Å². The van der Waals surface area contributed by atoms with Gasteiger partial charge in [-0.3, -0.25) is 0 Å². The monoisotopic (exact) mass is 242 g/mol. The fraction of sp³-hybridized carbons (Fsp3) is 0.250. The second-order valence-corrected chi connectivity index (χ2v) is 4.33. The Hall–Kier alpha value is -2.21. The number of hydrogen-bond donors (Lipinski definition) is 1. The topological polar surface area (TPSA) is 74.0 Å². The molecule has 6 heteroatoms. The fourth-order valence-electron chi connectivity index (χ4n) is 1.83. The van der Waals surface area contributed by atoms with Gasteiger partial charge in [0.15, 0.2) is 0 Å². The lowest BCUT2D eigenvalue weighted by atomic mass is 10.3. The first kappa shape index (κ1) is 10.9. The summed E-state index contributed by atoms with van der Waals surface area (Å²) in [7, 11) is 0. The van der Waals surface area contributed by atoms with E-state index in [9.17, 15) is 0 Å². The van der Waals surface area contributed by atoms with Gasteiger partial charge in [-0.05, 0) is 19.1 Å². The van der Waals surface area contributed by atoms with E-state index in [0.717, 1.165) is 17.0 Å². The number of fused-ring (bicyclic) bond motifs is 1. The Morgan fingerprint density at radius 1 is 1.33 bits per heavy atom. The van der Waals surface area contributed by atoms with Gasteiger partial charge in [0.1, 0.15) is 5.65 Å². The van der Waals surface area contributed by atoms with Crippen LogP contribution in [0.4, 0.5) is 0 Å². The second-order valence-electron chi connectivity index (χ2n) is 4.33. The molecule has 0 bridgehead atoms. The Bertz CT molecular complexity index is 633. The molecule has 1 unspecified atom stereocenters. The number of rotatable bonds is 3. The summed E-state index contributed by atoms with van der Waals surface area (Å²) in [6, 6.07) is 5.82. The van der Waals surface area contributed by atoms with Crippen LogP contribution in [0.15, 0.2) is 36.8 Å². The van der Waals surface area contributed by atoms with E-state index in [2.05, 4.69) is 15.3 Å². The van der Waals surface area contributed by atoms with Crippen LogP contribution in [0.3, 0.4) is 0 Å². The summed E-state index contributed by atoms with van der Waals surface area (Å²) in [5.41, 5.74) is 8.41. The average Bonchev–Trinajstić information content (AvgIpc) is 2.94. The molecule has 0 spiro atoms. The molecule has 3 heterocycles. The first-order valence-electron chi connectivity index (χ1n) is 5.80. The smallest absolute Gasteiger partial charge is 0.137 e. The van der Waals surface area contributed by atoms with Crippen molar-refractivity contribution in [1.29, 1.82) is 0 Å². The number of aromatic nitrogens is 5. The lowest BCUT2D eigenvalue weighted by Crippen LogP contribution is -2.05. The SMILES string of the molecule is CC(N)c1cn(Cc2cn3ccccc3n2)nn1. The van der Waals surface area contributed by atoms with Gasteiger partial charge in [-0.25, -0.2) is 9.67 Å². The molecule has 92 valence electrons. The number of hydrogen-bond acceptors (Lipinski definition) is 4. The van der Waals surface area contributed by atoms with Crippen LogP contribution in [-0.4, -0.2) is 24.4 Å². The van der Waals surface area contributed by atoms with Gasteiger partial charge in [0.25, 0.3) is 0 Å². The summed E-state index contributed by atoms with van der Waals surface area (Å²) in [6.45, 7) is 2.49. The van der Waals surface area contributed by atoms with Crippen LogP contribution >= 0.6 is 0 Å². The third-order valence-corrected chi connectivity index (χ3v) is 2.76. The maximum Gasteiger partial charge on any atom is 0.137 e. The third kappa shape index (κ3) is 1.98. The summed E-state index contributed by atoms with van der Waals surface area (Å²) in [5, 5.41) is 8.06. The zero-order valence-corrected chi connectivity index (χ0v) is 10.1. The van der Waals surface area contributed by atoms with E-state index in [1.807, 2.05) is 48.1 Å². The molecule has 0 aromatic carbocycles. The highest BCUT2D eigenvalue weighted by Crippen LogP contribution is 2.08. The molecule has 0 saturated carbocycles. The lowest BCUT2D eigenvalue weighted by molar-refractivity contribution is 0.640. The standard InChI is InChI=1S/C12H14N6/c1-9(13)11-8-18(16-15-11)7-10-6-17-5-3-2-4-12(17)14-10/h2-6,8-9H,7,13H2,1H3. The number of nitrogens with zero attached hydrogens (tertiary/aromatic N) is 5. The van der Waals surface area contributed by atoms with Gasteiger partial charge in [0, 0.05) is 18.4 Å². The molecule has 0 fully saturated rings. The van der Waals surface area contributed by atoms with Crippen molar-refractivity contribution >= 4 is 5.65 Å². The van der Waals surface area contributed by atoms with Crippen LogP contribution in [0.1, 0.15) is 24.4 Å². The minimum atomic E-state index is -0.0974. The minimum Gasteiger partial charge on any atom is -0.323 e. The zero-order chi connectivity index (χ0) is 12.5. The number of imidazole rings is 1. The lowest BCUT2D eigenvalue weighted by Gasteiger charge is -1.96. The van der Waals surface area contributed by atoms with Crippen LogP contribution in [0, 0.1) is 0 Å². The van der Waals surface area contributed by atoms with Crippen molar-refractivity contribution in [1.82, 2.24) is 24.4 Å². The van der Waals surface area contributed by atoms with E-state index in [4.69, 9.17) is 5.73 Å². The highest BCUT2D eigenvalue weighted by atomic mass is 15.4. The largest absolute Gasteiger partial charge is 0.323 e. The number of nitrogens with two attached hydrogens (primary N) is 1. The van der Waals surface area contributed by atoms with Crippen LogP contribution < -0.4 is 5.73 Å². The zero-order valence-electron chi connectivity index (χ0n) is 10.1. The molecule has 1 atom stereocenters. The molecular formula is C12H14N6. The molecule has 3 rings (SSSR count). The summed E-state index contributed by atoms with van der Waals surface area (Å²) in [5.74, 6) is 0. The highest BCUT2D eigenvalue weighted by Gasteiger charge is 2.07. The van der Waals surface area contributed by atoms with Crippen molar-refractivity contribution < 1.29 is 0 Å². The van der Waals surface area contributed by atoms with Crippen LogP contribution in [0.25, 0.3) is 5.65 Å². The molecule has 3 aromatic rings. The molecule has 0 aliphatic rings. The Labute approximate surface area is 104 Å². The molecule has 18 heavy (non-hydrogen) atoms. The van der Waals surface area contributed by atoms with Crippen LogP contribution in [0.2, 0.25) is 0 Å². The van der Waals surface area contributed by atoms with Crippen molar-refractivity contribution in [3.8, 4) is 0 Å². The summed E-state index contributed by atoms with van der Waals surface area (Å²) in [6.07, 6.45) is 5.82. The molecule has 6 nitrogen and oxygen atoms in total. The summed E-state index contributed by atoms with van der Waals surface area (Å²) in [4.78, 5) is 4.51.